The van der Waals surface area contributed by atoms with Gasteiger partial charge in [-0.05, 0) is 32.2 Å². The van der Waals surface area contributed by atoms with Crippen molar-refractivity contribution in [3.63, 3.8) is 0 Å². The molecule has 0 radical (unpaired) electrons. The quantitative estimate of drug-likeness (QED) is 0.769. The molecule has 15 heavy (non-hydrogen) atoms. The molecule has 1 aliphatic heterocycles. The van der Waals surface area contributed by atoms with Crippen LogP contribution in [0.1, 0.15) is 32.6 Å². The van der Waals surface area contributed by atoms with Crippen LogP contribution in [0.5, 0.6) is 0 Å². The molecule has 0 spiro atoms. The molecule has 1 saturated heterocycles. The van der Waals surface area contributed by atoms with Gasteiger partial charge in [-0.25, -0.2) is 0 Å². The topological polar surface area (TPSA) is 30.5 Å². The van der Waals surface area contributed by atoms with E-state index in [4.69, 9.17) is 9.47 Å². The molecule has 0 aromatic carbocycles. The molecule has 1 N–H and O–H groups in total. The van der Waals surface area contributed by atoms with Gasteiger partial charge in [0, 0.05) is 6.04 Å². The van der Waals surface area contributed by atoms with Crippen molar-refractivity contribution in [2.75, 3.05) is 20.3 Å². The first kappa shape index (κ1) is 11.4. The second-order valence-electron chi connectivity index (χ2n) is 4.82. The first-order valence-corrected chi connectivity index (χ1v) is 6.24. The van der Waals surface area contributed by atoms with Gasteiger partial charge in [0.25, 0.3) is 0 Å². The summed E-state index contributed by atoms with van der Waals surface area (Å²) in [5.74, 6) is 0.862. The molecule has 2 rings (SSSR count). The van der Waals surface area contributed by atoms with Gasteiger partial charge in [-0.1, -0.05) is 13.3 Å². The molecule has 3 heteroatoms. The van der Waals surface area contributed by atoms with Gasteiger partial charge in [-0.3, -0.25) is 0 Å². The first-order chi connectivity index (χ1) is 7.33. The Morgan fingerprint density at radius 3 is 2.67 bits per heavy atom. The minimum atomic E-state index is 0.362. The Labute approximate surface area is 92.5 Å². The van der Waals surface area contributed by atoms with Crippen LogP contribution in [0, 0.1) is 5.92 Å². The number of rotatable bonds is 4. The van der Waals surface area contributed by atoms with Crippen molar-refractivity contribution in [3.8, 4) is 0 Å². The number of hydrogen-bond donors (Lipinski definition) is 1. The molecule has 0 amide bonds. The Balaban J connectivity index is 1.84. The van der Waals surface area contributed by atoms with Gasteiger partial charge in [-0.2, -0.15) is 0 Å². The van der Waals surface area contributed by atoms with Crippen LogP contribution in [0.2, 0.25) is 0 Å². The Kier molecular flexibility index (Phi) is 4.00. The molecule has 0 bridgehead atoms. The highest BCUT2D eigenvalue weighted by Gasteiger charge is 2.33. The number of ether oxygens (including phenoxy) is 2. The van der Waals surface area contributed by atoms with Crippen molar-refractivity contribution in [1.29, 1.82) is 0 Å². The van der Waals surface area contributed by atoms with E-state index in [1.165, 1.54) is 25.7 Å². The summed E-state index contributed by atoms with van der Waals surface area (Å²) >= 11 is 0. The molecule has 1 aliphatic carbocycles. The van der Waals surface area contributed by atoms with E-state index in [0.717, 1.165) is 19.1 Å². The van der Waals surface area contributed by atoms with E-state index in [1.807, 2.05) is 7.05 Å². The molecule has 1 heterocycles. The second-order valence-corrected chi connectivity index (χ2v) is 4.82. The zero-order valence-electron chi connectivity index (χ0n) is 9.87. The lowest BCUT2D eigenvalue weighted by atomic mass is 9.82. The summed E-state index contributed by atoms with van der Waals surface area (Å²) in [6, 6.07) is 0.549. The van der Waals surface area contributed by atoms with Gasteiger partial charge in [0.2, 0.25) is 0 Å². The van der Waals surface area contributed by atoms with E-state index >= 15 is 0 Å². The van der Waals surface area contributed by atoms with Crippen molar-refractivity contribution in [2.45, 2.75) is 50.9 Å². The van der Waals surface area contributed by atoms with Crippen LogP contribution >= 0.6 is 0 Å². The average molecular weight is 213 g/mol. The molecule has 0 aromatic heterocycles. The zero-order valence-corrected chi connectivity index (χ0v) is 9.87. The van der Waals surface area contributed by atoms with Crippen LogP contribution < -0.4 is 5.32 Å². The summed E-state index contributed by atoms with van der Waals surface area (Å²) in [5, 5.41) is 3.39. The van der Waals surface area contributed by atoms with Crippen molar-refractivity contribution in [1.82, 2.24) is 5.32 Å². The fourth-order valence-electron chi connectivity index (χ4n) is 2.60. The molecular weight excluding hydrogens is 190 g/mol. The van der Waals surface area contributed by atoms with Crippen LogP contribution in [-0.2, 0) is 9.47 Å². The van der Waals surface area contributed by atoms with Crippen molar-refractivity contribution < 1.29 is 9.47 Å². The van der Waals surface area contributed by atoms with Gasteiger partial charge in [0.1, 0.15) is 6.10 Å². The Bertz CT molecular complexity index is 192. The van der Waals surface area contributed by atoms with Gasteiger partial charge in [0.05, 0.1) is 19.3 Å². The van der Waals surface area contributed by atoms with Gasteiger partial charge < -0.3 is 14.8 Å². The third kappa shape index (κ3) is 2.71. The van der Waals surface area contributed by atoms with Crippen LogP contribution in [0.15, 0.2) is 0 Å². The van der Waals surface area contributed by atoms with Crippen molar-refractivity contribution in [2.24, 2.45) is 5.92 Å². The standard InChI is InChI=1S/C12H23NO2/c1-3-9-4-5-11(13-2)12(6-9)15-10-7-14-8-10/h9-13H,3-8H2,1-2H3. The first-order valence-electron chi connectivity index (χ1n) is 6.24. The minimum absolute atomic E-state index is 0.362. The van der Waals surface area contributed by atoms with Crippen molar-refractivity contribution in [3.05, 3.63) is 0 Å². The van der Waals surface area contributed by atoms with Crippen LogP contribution in [-0.4, -0.2) is 38.5 Å². The number of nitrogens with one attached hydrogen (secondary N) is 1. The molecule has 3 nitrogen and oxygen atoms in total. The number of hydrogen-bond acceptors (Lipinski definition) is 3. The van der Waals surface area contributed by atoms with Crippen molar-refractivity contribution >= 4 is 0 Å². The predicted octanol–water partition coefficient (Wildman–Crippen LogP) is 1.57. The fourth-order valence-corrected chi connectivity index (χ4v) is 2.60. The van der Waals surface area contributed by atoms with E-state index in [2.05, 4.69) is 12.2 Å². The van der Waals surface area contributed by atoms with Gasteiger partial charge >= 0.3 is 0 Å². The lowest BCUT2D eigenvalue weighted by molar-refractivity contribution is -0.168. The fraction of sp³-hybridized carbons (Fsp3) is 1.00. The third-order valence-corrected chi connectivity index (χ3v) is 3.82. The van der Waals surface area contributed by atoms with Gasteiger partial charge in [0.15, 0.2) is 0 Å². The maximum absolute atomic E-state index is 6.08. The average Bonchev–Trinajstić information content (AvgIpc) is 2.23. The molecule has 2 aliphatic rings. The Hall–Kier alpha value is -0.120. The summed E-state index contributed by atoms with van der Waals surface area (Å²) in [6.07, 6.45) is 5.88. The molecule has 1 saturated carbocycles. The maximum atomic E-state index is 6.08. The summed E-state index contributed by atoms with van der Waals surface area (Å²) in [7, 11) is 2.05. The Morgan fingerprint density at radius 1 is 1.33 bits per heavy atom. The highest BCUT2D eigenvalue weighted by molar-refractivity contribution is 4.86. The summed E-state index contributed by atoms with van der Waals surface area (Å²) in [6.45, 7) is 3.88. The molecular formula is C12H23NO2. The van der Waals surface area contributed by atoms with Crippen LogP contribution in [0.4, 0.5) is 0 Å². The molecule has 3 unspecified atom stereocenters. The SMILES string of the molecule is CCC1CCC(NC)C(OC2COC2)C1. The highest BCUT2D eigenvalue weighted by Crippen LogP contribution is 2.30. The van der Waals surface area contributed by atoms with E-state index in [1.54, 1.807) is 0 Å². The van der Waals surface area contributed by atoms with Crippen LogP contribution in [0.25, 0.3) is 0 Å². The van der Waals surface area contributed by atoms with E-state index in [0.29, 0.717) is 18.2 Å². The van der Waals surface area contributed by atoms with E-state index < -0.39 is 0 Å². The maximum Gasteiger partial charge on any atom is 0.105 e. The highest BCUT2D eigenvalue weighted by atomic mass is 16.6. The summed E-state index contributed by atoms with van der Waals surface area (Å²) < 4.78 is 11.2. The lowest BCUT2D eigenvalue weighted by Crippen LogP contribution is -2.49. The monoisotopic (exact) mass is 213 g/mol. The van der Waals surface area contributed by atoms with Crippen LogP contribution in [0.3, 0.4) is 0 Å². The Morgan fingerprint density at radius 2 is 2.13 bits per heavy atom. The molecule has 2 fully saturated rings. The van der Waals surface area contributed by atoms with E-state index in [-0.39, 0.29) is 0 Å². The summed E-state index contributed by atoms with van der Waals surface area (Å²) in [5.41, 5.74) is 0. The smallest absolute Gasteiger partial charge is 0.105 e. The largest absolute Gasteiger partial charge is 0.376 e. The van der Waals surface area contributed by atoms with E-state index in [9.17, 15) is 0 Å². The molecule has 3 atom stereocenters. The number of likely N-dealkylation sites (N-methyl/N-ethyl adjacent to an activating group) is 1. The normalized spacial score (nSPS) is 37.6. The second kappa shape index (κ2) is 5.28. The zero-order chi connectivity index (χ0) is 10.7. The minimum Gasteiger partial charge on any atom is -0.376 e. The third-order valence-electron chi connectivity index (χ3n) is 3.82. The lowest BCUT2D eigenvalue weighted by Gasteiger charge is -2.39. The predicted molar refractivity (Wildman–Crippen MR) is 60.0 cm³/mol. The molecule has 88 valence electrons. The molecule has 0 aromatic rings. The summed E-state index contributed by atoms with van der Waals surface area (Å²) in [4.78, 5) is 0. The van der Waals surface area contributed by atoms with Gasteiger partial charge in [-0.15, -0.1) is 0 Å².